The molecule has 0 heterocycles. The van der Waals surface area contributed by atoms with Crippen LogP contribution < -0.4 is 5.32 Å². The largest absolute Gasteiger partial charge is 0.377 e. The normalized spacial score (nSPS) is 12.4. The molecule has 0 bridgehead atoms. The number of amides is 1. The number of hydrogen-bond donors (Lipinski definition) is 1. The highest BCUT2D eigenvalue weighted by atomic mass is 31.2. The lowest BCUT2D eigenvalue weighted by Gasteiger charge is -2.27. The Bertz CT molecular complexity index is 387. The second-order valence-electron chi connectivity index (χ2n) is 6.42. The van der Waals surface area contributed by atoms with Gasteiger partial charge in [-0.25, -0.2) is 0 Å². The molecule has 0 radical (unpaired) electrons. The average Bonchev–Trinajstić information content (AvgIpc) is 2.46. The minimum atomic E-state index is -2.57. The van der Waals surface area contributed by atoms with Crippen LogP contribution in [0.5, 0.6) is 0 Å². The van der Waals surface area contributed by atoms with Gasteiger partial charge < -0.3 is 28.4 Å². The summed E-state index contributed by atoms with van der Waals surface area (Å²) in [5.41, 5.74) is 0. The molecule has 0 aromatic carbocycles. The van der Waals surface area contributed by atoms with E-state index in [1.54, 1.807) is 0 Å². The molecule has 1 amide bonds. The standard InChI is InChI=1S/C17H36NO6P/c1-14(2)17(19)18-8-9-20-10-11-21-12-13-22-25(7,23-15(3)4)24-16(5)6/h14-16H,7-13H2,1-6H3,(H,18,19). The van der Waals surface area contributed by atoms with Crippen LogP contribution in [0.4, 0.5) is 0 Å². The van der Waals surface area contributed by atoms with Gasteiger partial charge in [0.15, 0.2) is 0 Å². The van der Waals surface area contributed by atoms with E-state index in [4.69, 9.17) is 23.0 Å². The first-order chi connectivity index (χ1) is 11.7. The van der Waals surface area contributed by atoms with Crippen LogP contribution in [0.3, 0.4) is 0 Å². The van der Waals surface area contributed by atoms with E-state index in [1.807, 2.05) is 41.5 Å². The molecule has 0 saturated carbocycles. The monoisotopic (exact) mass is 381 g/mol. The van der Waals surface area contributed by atoms with Crippen molar-refractivity contribution in [3.8, 4) is 0 Å². The van der Waals surface area contributed by atoms with E-state index >= 15 is 0 Å². The van der Waals surface area contributed by atoms with Gasteiger partial charge in [0.05, 0.1) is 45.2 Å². The van der Waals surface area contributed by atoms with E-state index < -0.39 is 7.57 Å². The quantitative estimate of drug-likeness (QED) is 0.347. The van der Waals surface area contributed by atoms with E-state index in [1.165, 1.54) is 0 Å². The lowest BCUT2D eigenvalue weighted by atomic mass is 10.2. The van der Waals surface area contributed by atoms with Crippen LogP contribution in [0.1, 0.15) is 41.5 Å². The third-order valence-electron chi connectivity index (χ3n) is 2.70. The number of nitrogens with one attached hydrogen (secondary N) is 1. The van der Waals surface area contributed by atoms with Crippen LogP contribution in [0, 0.1) is 5.92 Å². The summed E-state index contributed by atoms with van der Waals surface area (Å²) in [4.78, 5) is 11.3. The maximum atomic E-state index is 11.3. The maximum Gasteiger partial charge on any atom is 0.251 e. The number of rotatable bonds is 15. The van der Waals surface area contributed by atoms with Crippen molar-refractivity contribution in [2.75, 3.05) is 39.6 Å². The topological polar surface area (TPSA) is 75.2 Å². The number of ether oxygens (including phenoxy) is 2. The van der Waals surface area contributed by atoms with Crippen molar-refractivity contribution in [1.29, 1.82) is 0 Å². The second-order valence-corrected chi connectivity index (χ2v) is 8.32. The lowest BCUT2D eigenvalue weighted by molar-refractivity contribution is -0.124. The molecule has 0 aliphatic carbocycles. The highest BCUT2D eigenvalue weighted by Crippen LogP contribution is 2.50. The maximum absolute atomic E-state index is 11.3. The Morgan fingerprint density at radius 3 is 1.84 bits per heavy atom. The Labute approximate surface area is 152 Å². The van der Waals surface area contributed by atoms with Crippen LogP contribution in [-0.4, -0.2) is 64.0 Å². The molecule has 0 atom stereocenters. The first-order valence-electron chi connectivity index (χ1n) is 8.84. The van der Waals surface area contributed by atoms with Gasteiger partial charge in [0.25, 0.3) is 7.57 Å². The van der Waals surface area contributed by atoms with Gasteiger partial charge in [-0.2, -0.15) is 0 Å². The van der Waals surface area contributed by atoms with E-state index in [-0.39, 0.29) is 24.0 Å². The molecule has 0 rings (SSSR count). The Morgan fingerprint density at radius 2 is 1.36 bits per heavy atom. The summed E-state index contributed by atoms with van der Waals surface area (Å²) >= 11 is 0. The lowest BCUT2D eigenvalue weighted by Crippen LogP contribution is -2.31. The van der Waals surface area contributed by atoms with Gasteiger partial charge >= 0.3 is 0 Å². The minimum absolute atomic E-state index is 0.00861. The molecule has 0 fully saturated rings. The van der Waals surface area contributed by atoms with Gasteiger partial charge in [0, 0.05) is 12.5 Å². The molecule has 1 N–H and O–H groups in total. The van der Waals surface area contributed by atoms with Crippen LogP contribution in [-0.2, 0) is 27.8 Å². The molecule has 25 heavy (non-hydrogen) atoms. The van der Waals surface area contributed by atoms with Crippen LogP contribution >= 0.6 is 7.57 Å². The molecule has 0 unspecified atom stereocenters. The molecule has 150 valence electrons. The predicted molar refractivity (Wildman–Crippen MR) is 102 cm³/mol. The summed E-state index contributed by atoms with van der Waals surface area (Å²) in [5, 5.41) is 2.79. The summed E-state index contributed by atoms with van der Waals surface area (Å²) in [5.74, 6) is 0.0231. The van der Waals surface area contributed by atoms with E-state index in [0.29, 0.717) is 39.6 Å². The van der Waals surface area contributed by atoms with E-state index in [9.17, 15) is 4.79 Å². The summed E-state index contributed by atoms with van der Waals surface area (Å²) < 4.78 is 27.9. The number of hydrogen-bond acceptors (Lipinski definition) is 6. The Morgan fingerprint density at radius 1 is 0.880 bits per heavy atom. The van der Waals surface area contributed by atoms with Crippen LogP contribution in [0.15, 0.2) is 0 Å². The van der Waals surface area contributed by atoms with Gasteiger partial charge in [-0.05, 0) is 34.0 Å². The Balaban J connectivity index is 3.70. The van der Waals surface area contributed by atoms with Crippen molar-refractivity contribution in [3.63, 3.8) is 0 Å². The van der Waals surface area contributed by atoms with Crippen molar-refractivity contribution < 1.29 is 27.8 Å². The van der Waals surface area contributed by atoms with Gasteiger partial charge in [-0.15, -0.1) is 0 Å². The van der Waals surface area contributed by atoms with Crippen molar-refractivity contribution in [3.05, 3.63) is 0 Å². The minimum Gasteiger partial charge on any atom is -0.377 e. The first kappa shape index (κ1) is 24.6. The van der Waals surface area contributed by atoms with Gasteiger partial charge in [0.2, 0.25) is 5.91 Å². The molecule has 0 aromatic rings. The summed E-state index contributed by atoms with van der Waals surface area (Å²) in [6, 6.07) is 0. The highest BCUT2D eigenvalue weighted by molar-refractivity contribution is 7.59. The first-order valence-corrected chi connectivity index (χ1v) is 10.6. The number of carbonyl (C=O) groups excluding carboxylic acids is 1. The molecule has 8 heteroatoms. The van der Waals surface area contributed by atoms with E-state index in [0.717, 1.165) is 0 Å². The summed E-state index contributed by atoms with van der Waals surface area (Å²) in [6.45, 7) is 14.1. The highest BCUT2D eigenvalue weighted by Gasteiger charge is 2.20. The zero-order valence-electron chi connectivity index (χ0n) is 16.6. The summed E-state index contributed by atoms with van der Waals surface area (Å²) in [6.07, 6.45) is 3.94. The van der Waals surface area contributed by atoms with Crippen molar-refractivity contribution in [2.45, 2.75) is 53.8 Å². The Hall–Kier alpha value is -0.430. The summed E-state index contributed by atoms with van der Waals surface area (Å²) in [7, 11) is -2.57. The molecular weight excluding hydrogens is 345 g/mol. The molecule has 0 spiro atoms. The number of carbonyl (C=O) groups is 1. The molecule has 0 saturated heterocycles. The fourth-order valence-electron chi connectivity index (χ4n) is 1.74. The van der Waals surface area contributed by atoms with E-state index in [2.05, 4.69) is 11.6 Å². The van der Waals surface area contributed by atoms with Gasteiger partial charge in [0.1, 0.15) is 0 Å². The van der Waals surface area contributed by atoms with Crippen LogP contribution in [0.2, 0.25) is 0 Å². The molecule has 0 aliphatic heterocycles. The third-order valence-corrected chi connectivity index (χ3v) is 4.76. The SMILES string of the molecule is C=P(OCCOCCOCCNC(=O)C(C)C)(OC(C)C)OC(C)C. The average molecular weight is 381 g/mol. The van der Waals surface area contributed by atoms with Crippen molar-refractivity contribution >= 4 is 19.8 Å². The fourth-order valence-corrected chi connectivity index (χ4v) is 3.54. The molecular formula is C17H36NO6P. The second kappa shape index (κ2) is 13.7. The molecule has 0 aromatic heterocycles. The third kappa shape index (κ3) is 14.4. The fraction of sp³-hybridized carbons (Fsp3) is 0.882. The Kier molecular flexibility index (Phi) is 13.5. The van der Waals surface area contributed by atoms with Gasteiger partial charge in [-0.1, -0.05) is 13.8 Å². The zero-order valence-corrected chi connectivity index (χ0v) is 17.5. The van der Waals surface area contributed by atoms with Crippen molar-refractivity contribution in [2.24, 2.45) is 5.92 Å². The molecule has 0 aliphatic rings. The van der Waals surface area contributed by atoms with Crippen LogP contribution in [0.25, 0.3) is 0 Å². The smallest absolute Gasteiger partial charge is 0.251 e. The molecule has 7 nitrogen and oxygen atoms in total. The zero-order chi connectivity index (χ0) is 19.3. The van der Waals surface area contributed by atoms with Gasteiger partial charge in [-0.3, -0.25) is 4.79 Å². The predicted octanol–water partition coefficient (Wildman–Crippen LogP) is 2.85. The van der Waals surface area contributed by atoms with Crippen molar-refractivity contribution in [1.82, 2.24) is 5.32 Å².